The second-order valence-corrected chi connectivity index (χ2v) is 6.23. The maximum Gasteiger partial charge on any atom is 0.315 e. The molecule has 1 rings (SSSR count). The number of carbonyl (C=O) groups excluding carboxylic acids is 1. The van der Waals surface area contributed by atoms with Gasteiger partial charge in [-0.25, -0.2) is 4.79 Å². The summed E-state index contributed by atoms with van der Waals surface area (Å²) >= 11 is 7.14. The Balaban J connectivity index is 2.32. The Hall–Kier alpha value is -1.27. The lowest BCUT2D eigenvalue weighted by Crippen LogP contribution is -2.43. The first-order chi connectivity index (χ1) is 8.31. The highest BCUT2D eigenvalue weighted by Gasteiger charge is 2.27. The van der Waals surface area contributed by atoms with Crippen LogP contribution in [0.15, 0.2) is 12.1 Å². The number of aliphatic carboxylic acids is 1. The summed E-state index contributed by atoms with van der Waals surface area (Å²) in [5.41, 5.74) is -0.983. The number of amides is 2. The second-order valence-electron chi connectivity index (χ2n) is 4.43. The summed E-state index contributed by atoms with van der Waals surface area (Å²) in [5, 5.41) is 14.0. The number of hydrogen-bond donors (Lipinski definition) is 3. The highest BCUT2D eigenvalue weighted by Crippen LogP contribution is 2.20. The standard InChI is InChI=1S/C11H15ClN2O3S/c1-11(2,9(15)16)6-14-10(17)13-5-7-3-4-8(12)18-7/h3-4H,5-6H2,1-2H3,(H,15,16)(H2,13,14,17). The quantitative estimate of drug-likeness (QED) is 0.778. The normalized spacial score (nSPS) is 11.1. The summed E-state index contributed by atoms with van der Waals surface area (Å²) in [6, 6.07) is 3.19. The Bertz CT molecular complexity index is 445. The highest BCUT2D eigenvalue weighted by atomic mass is 35.5. The molecule has 18 heavy (non-hydrogen) atoms. The minimum Gasteiger partial charge on any atom is -0.481 e. The predicted molar refractivity (Wildman–Crippen MR) is 71.0 cm³/mol. The maximum atomic E-state index is 11.4. The fourth-order valence-corrected chi connectivity index (χ4v) is 2.08. The Morgan fingerprint density at radius 3 is 2.56 bits per heavy atom. The van der Waals surface area contributed by atoms with E-state index in [1.54, 1.807) is 19.9 Å². The van der Waals surface area contributed by atoms with E-state index in [2.05, 4.69) is 10.6 Å². The number of carboxylic acids is 1. The Morgan fingerprint density at radius 2 is 2.06 bits per heavy atom. The number of carbonyl (C=O) groups is 2. The van der Waals surface area contributed by atoms with Gasteiger partial charge in [-0.2, -0.15) is 0 Å². The molecule has 0 aliphatic heterocycles. The van der Waals surface area contributed by atoms with Crippen molar-refractivity contribution < 1.29 is 14.7 Å². The number of thiophene rings is 1. The molecule has 0 fully saturated rings. The number of nitrogens with one attached hydrogen (secondary N) is 2. The van der Waals surface area contributed by atoms with Crippen LogP contribution in [-0.4, -0.2) is 23.7 Å². The van der Waals surface area contributed by atoms with Crippen LogP contribution in [0.25, 0.3) is 0 Å². The number of urea groups is 1. The van der Waals surface area contributed by atoms with E-state index >= 15 is 0 Å². The van der Waals surface area contributed by atoms with E-state index in [9.17, 15) is 9.59 Å². The monoisotopic (exact) mass is 290 g/mol. The highest BCUT2D eigenvalue weighted by molar-refractivity contribution is 7.16. The van der Waals surface area contributed by atoms with Gasteiger partial charge in [-0.1, -0.05) is 11.6 Å². The molecule has 0 aromatic carbocycles. The van der Waals surface area contributed by atoms with Gasteiger partial charge in [0.25, 0.3) is 0 Å². The van der Waals surface area contributed by atoms with Gasteiger partial charge in [-0.3, -0.25) is 4.79 Å². The van der Waals surface area contributed by atoms with Crippen molar-refractivity contribution in [1.29, 1.82) is 0 Å². The first kappa shape index (κ1) is 14.8. The fourth-order valence-electron chi connectivity index (χ4n) is 1.05. The van der Waals surface area contributed by atoms with Crippen LogP contribution >= 0.6 is 22.9 Å². The molecule has 0 unspecified atom stereocenters. The molecular formula is C11H15ClN2O3S. The van der Waals surface area contributed by atoms with E-state index in [-0.39, 0.29) is 6.54 Å². The summed E-state index contributed by atoms with van der Waals surface area (Å²) in [7, 11) is 0. The molecule has 0 aliphatic rings. The average molecular weight is 291 g/mol. The topological polar surface area (TPSA) is 78.4 Å². The van der Waals surface area contributed by atoms with E-state index in [4.69, 9.17) is 16.7 Å². The predicted octanol–water partition coefficient (Wildman–Crippen LogP) is 2.31. The lowest BCUT2D eigenvalue weighted by atomic mass is 9.94. The smallest absolute Gasteiger partial charge is 0.315 e. The molecule has 1 heterocycles. The Labute approximate surface area is 114 Å². The van der Waals surface area contributed by atoms with Crippen molar-refractivity contribution in [2.45, 2.75) is 20.4 Å². The summed E-state index contributed by atoms with van der Waals surface area (Å²) in [4.78, 5) is 23.2. The van der Waals surface area contributed by atoms with E-state index < -0.39 is 17.4 Å². The van der Waals surface area contributed by atoms with Crippen molar-refractivity contribution in [3.8, 4) is 0 Å². The first-order valence-corrected chi connectivity index (χ1v) is 6.50. The number of carboxylic acid groups (broad SMARTS) is 1. The number of hydrogen-bond acceptors (Lipinski definition) is 3. The second kappa shape index (κ2) is 6.06. The van der Waals surface area contributed by atoms with Crippen LogP contribution in [-0.2, 0) is 11.3 Å². The van der Waals surface area contributed by atoms with E-state index in [1.165, 1.54) is 11.3 Å². The van der Waals surface area contributed by atoms with Gasteiger partial charge < -0.3 is 15.7 Å². The van der Waals surface area contributed by atoms with Gasteiger partial charge in [0.15, 0.2) is 0 Å². The molecule has 0 aliphatic carbocycles. The summed E-state index contributed by atoms with van der Waals surface area (Å²) < 4.78 is 0.666. The van der Waals surface area contributed by atoms with Crippen molar-refractivity contribution in [2.75, 3.05) is 6.54 Å². The minimum absolute atomic E-state index is 0.0688. The molecule has 0 atom stereocenters. The van der Waals surface area contributed by atoms with Crippen molar-refractivity contribution >= 4 is 34.9 Å². The number of rotatable bonds is 5. The zero-order chi connectivity index (χ0) is 13.8. The van der Waals surface area contributed by atoms with Gasteiger partial charge in [0.05, 0.1) is 16.3 Å². The molecule has 1 aromatic heterocycles. The lowest BCUT2D eigenvalue weighted by Gasteiger charge is -2.19. The van der Waals surface area contributed by atoms with Gasteiger partial charge in [0.1, 0.15) is 0 Å². The summed E-state index contributed by atoms with van der Waals surface area (Å²) in [6.45, 7) is 3.54. The molecule has 2 amide bonds. The average Bonchev–Trinajstić information content (AvgIpc) is 2.69. The van der Waals surface area contributed by atoms with Gasteiger partial charge >= 0.3 is 12.0 Å². The van der Waals surface area contributed by atoms with E-state index in [0.717, 1.165) is 4.88 Å². The maximum absolute atomic E-state index is 11.4. The molecule has 0 saturated heterocycles. The van der Waals surface area contributed by atoms with Crippen LogP contribution in [0.1, 0.15) is 18.7 Å². The summed E-state index contributed by atoms with van der Waals surface area (Å²) in [5.74, 6) is -0.951. The molecule has 0 bridgehead atoms. The van der Waals surface area contributed by atoms with Crippen LogP contribution in [0.2, 0.25) is 4.34 Å². The van der Waals surface area contributed by atoms with Gasteiger partial charge in [0.2, 0.25) is 0 Å². The zero-order valence-electron chi connectivity index (χ0n) is 10.1. The molecule has 0 spiro atoms. The van der Waals surface area contributed by atoms with E-state index in [0.29, 0.717) is 10.9 Å². The lowest BCUT2D eigenvalue weighted by molar-refractivity contribution is -0.146. The molecular weight excluding hydrogens is 276 g/mol. The molecule has 1 aromatic rings. The molecule has 5 nitrogen and oxygen atoms in total. The largest absolute Gasteiger partial charge is 0.481 e. The fraction of sp³-hybridized carbons (Fsp3) is 0.455. The Morgan fingerprint density at radius 1 is 1.39 bits per heavy atom. The first-order valence-electron chi connectivity index (χ1n) is 5.30. The van der Waals surface area contributed by atoms with Crippen molar-refractivity contribution in [3.05, 3.63) is 21.3 Å². The van der Waals surface area contributed by atoms with Gasteiger partial charge in [-0.05, 0) is 26.0 Å². The third-order valence-electron chi connectivity index (χ3n) is 2.32. The SMILES string of the molecule is CC(C)(CNC(=O)NCc1ccc(Cl)s1)C(=O)O. The van der Waals surface area contributed by atoms with Gasteiger partial charge in [-0.15, -0.1) is 11.3 Å². The van der Waals surface area contributed by atoms with Crippen LogP contribution in [0.5, 0.6) is 0 Å². The van der Waals surface area contributed by atoms with E-state index in [1.807, 2.05) is 6.07 Å². The third-order valence-corrected chi connectivity index (χ3v) is 3.55. The van der Waals surface area contributed by atoms with Gasteiger partial charge in [0, 0.05) is 11.4 Å². The molecule has 7 heteroatoms. The van der Waals surface area contributed by atoms with Crippen LogP contribution in [0.4, 0.5) is 4.79 Å². The number of halogens is 1. The van der Waals surface area contributed by atoms with Crippen LogP contribution in [0, 0.1) is 5.41 Å². The third kappa shape index (κ3) is 4.54. The molecule has 0 radical (unpaired) electrons. The van der Waals surface area contributed by atoms with Crippen molar-refractivity contribution in [3.63, 3.8) is 0 Å². The zero-order valence-corrected chi connectivity index (χ0v) is 11.7. The van der Waals surface area contributed by atoms with Crippen LogP contribution in [0.3, 0.4) is 0 Å². The summed E-state index contributed by atoms with van der Waals surface area (Å²) in [6.07, 6.45) is 0. The van der Waals surface area contributed by atoms with Crippen LogP contribution < -0.4 is 10.6 Å². The van der Waals surface area contributed by atoms with Crippen molar-refractivity contribution in [2.24, 2.45) is 5.41 Å². The van der Waals surface area contributed by atoms with Crippen molar-refractivity contribution in [1.82, 2.24) is 10.6 Å². The minimum atomic E-state index is -0.983. The Kier molecular flexibility index (Phi) is 4.98. The molecule has 0 saturated carbocycles. The molecule has 3 N–H and O–H groups in total. The molecule has 100 valence electrons.